The molecule has 0 saturated heterocycles. The van der Waals surface area contributed by atoms with E-state index in [1.54, 1.807) is 12.8 Å². The lowest BCUT2D eigenvalue weighted by molar-refractivity contribution is -0.977. The first-order chi connectivity index (χ1) is 10.7. The third kappa shape index (κ3) is 0.200. The topological polar surface area (TPSA) is 0 Å². The van der Waals surface area contributed by atoms with Crippen LogP contribution in [0.2, 0.25) is 0 Å². The molecule has 0 aliphatic heterocycles. The third-order valence-electron chi connectivity index (χ3n) is 17.2. The lowest BCUT2D eigenvalue weighted by atomic mass is 8.60. The zero-order chi connectivity index (χ0) is 13.2. The maximum Gasteiger partial charge on any atom is -0.00540 e. The highest BCUT2D eigenvalue weighted by atomic mass is 15.4. The van der Waals surface area contributed by atoms with Crippen molar-refractivity contribution in [3.05, 3.63) is 0 Å². The van der Waals surface area contributed by atoms with E-state index in [9.17, 15) is 0 Å². The summed E-state index contributed by atoms with van der Waals surface area (Å²) >= 11 is 0. The molecule has 18 atom stereocenters. The standard InChI is InChI=1S/C22H20/c1-15-11-12-14-10-8-4-6-5-3-7-9-13(11)19(15)20(14,16(12,15)2)22(10)18(6,8)17(5,7)21(9,19)22/h5-14H,3-4H2,1-2H3. The Morgan fingerprint density at radius 2 is 0.955 bits per heavy atom. The number of hydrogen-bond acceptors (Lipinski definition) is 0. The van der Waals surface area contributed by atoms with Crippen molar-refractivity contribution in [2.75, 3.05) is 0 Å². The van der Waals surface area contributed by atoms with E-state index in [0.29, 0.717) is 0 Å². The van der Waals surface area contributed by atoms with E-state index in [2.05, 4.69) is 13.8 Å². The Labute approximate surface area is 129 Å². The molecule has 13 saturated carbocycles. The Hall–Kier alpha value is 0. The Morgan fingerprint density at radius 1 is 0.500 bits per heavy atom. The summed E-state index contributed by atoms with van der Waals surface area (Å²) in [6.07, 6.45) is 3.47. The van der Waals surface area contributed by atoms with Gasteiger partial charge in [0.2, 0.25) is 0 Å². The number of rotatable bonds is 0. The molecule has 0 radical (unpaired) electrons. The molecule has 13 fully saturated rings. The monoisotopic (exact) mass is 284 g/mol. The highest BCUT2D eigenvalue weighted by Gasteiger charge is 3.41. The smallest absolute Gasteiger partial charge is 0.00540 e. The molecule has 0 aromatic carbocycles. The first-order valence-electron chi connectivity index (χ1n) is 10.7. The van der Waals surface area contributed by atoms with Gasteiger partial charge in [-0.05, 0) is 115 Å². The van der Waals surface area contributed by atoms with E-state index in [1.165, 1.54) is 59.2 Å². The van der Waals surface area contributed by atoms with Crippen LogP contribution in [0.1, 0.15) is 26.7 Å². The average molecular weight is 284 g/mol. The molecule has 13 aliphatic rings. The zero-order valence-electron chi connectivity index (χ0n) is 13.2. The molecule has 0 amide bonds. The van der Waals surface area contributed by atoms with Crippen LogP contribution in [-0.2, 0) is 0 Å². The van der Waals surface area contributed by atoms with Crippen LogP contribution in [-0.4, -0.2) is 0 Å². The van der Waals surface area contributed by atoms with Gasteiger partial charge < -0.3 is 0 Å². The minimum absolute atomic E-state index is 0.903. The Bertz CT molecular complexity index is 932. The first kappa shape index (κ1) is 8.39. The normalized spacial score (nSPS) is 121. The van der Waals surface area contributed by atoms with E-state index in [4.69, 9.17) is 0 Å². The molecular weight excluding hydrogens is 264 g/mol. The van der Waals surface area contributed by atoms with E-state index in [1.807, 2.05) is 0 Å². The summed E-state index contributed by atoms with van der Waals surface area (Å²) < 4.78 is 0. The summed E-state index contributed by atoms with van der Waals surface area (Å²) in [6.45, 7) is 5.68. The fourth-order valence-corrected chi connectivity index (χ4v) is 20.1. The van der Waals surface area contributed by atoms with Crippen LogP contribution in [0.25, 0.3) is 0 Å². The van der Waals surface area contributed by atoms with Crippen LogP contribution in [0.15, 0.2) is 0 Å². The summed E-state index contributed by atoms with van der Waals surface area (Å²) in [4.78, 5) is 0. The predicted molar refractivity (Wildman–Crippen MR) is 74.9 cm³/mol. The van der Waals surface area contributed by atoms with Gasteiger partial charge in [0.05, 0.1) is 0 Å². The van der Waals surface area contributed by atoms with Gasteiger partial charge in [-0.2, -0.15) is 0 Å². The maximum absolute atomic E-state index is 2.84. The predicted octanol–water partition coefficient (Wildman–Crippen LogP) is 3.04. The van der Waals surface area contributed by atoms with Crippen LogP contribution in [0.5, 0.6) is 0 Å². The first-order valence-corrected chi connectivity index (χ1v) is 10.7. The largest absolute Gasteiger partial charge is 0.0582 e. The molecule has 0 aromatic rings. The highest BCUT2D eigenvalue weighted by Crippen LogP contribution is 3.43. The van der Waals surface area contributed by atoms with Gasteiger partial charge in [0, 0.05) is 0 Å². The van der Waals surface area contributed by atoms with Gasteiger partial charge in [0.15, 0.2) is 0 Å². The fraction of sp³-hybridized carbons (Fsp3) is 1.00. The summed E-state index contributed by atoms with van der Waals surface area (Å²) in [5.74, 6) is 13.1. The Balaban J connectivity index is 1.34. The van der Waals surface area contributed by atoms with E-state index in [0.717, 1.165) is 43.3 Å². The van der Waals surface area contributed by atoms with Gasteiger partial charge in [0.1, 0.15) is 0 Å². The lowest BCUT2D eigenvalue weighted by Crippen LogP contribution is -3.41. The molecule has 0 aromatic heterocycles. The average Bonchev–Trinajstić information content (AvgIpc) is 2.41. The maximum atomic E-state index is 2.84. The summed E-state index contributed by atoms with van der Waals surface area (Å²) in [7, 11) is 0. The van der Waals surface area contributed by atoms with Crippen molar-refractivity contribution in [2.24, 2.45) is 102 Å². The molecule has 0 heterocycles. The van der Waals surface area contributed by atoms with E-state index >= 15 is 0 Å². The van der Waals surface area contributed by atoms with Gasteiger partial charge >= 0.3 is 0 Å². The van der Waals surface area contributed by atoms with Crippen molar-refractivity contribution in [3.63, 3.8) is 0 Å². The van der Waals surface area contributed by atoms with E-state index in [-0.39, 0.29) is 0 Å². The van der Waals surface area contributed by atoms with Gasteiger partial charge in [0.25, 0.3) is 0 Å². The van der Waals surface area contributed by atoms with E-state index < -0.39 is 0 Å². The second-order valence-corrected chi connectivity index (χ2v) is 13.4. The van der Waals surface area contributed by atoms with Crippen molar-refractivity contribution in [2.45, 2.75) is 26.7 Å². The van der Waals surface area contributed by atoms with Crippen molar-refractivity contribution in [1.29, 1.82) is 0 Å². The molecule has 0 N–H and O–H groups in total. The minimum Gasteiger partial charge on any atom is -0.0582 e. The van der Waals surface area contributed by atoms with Gasteiger partial charge in [-0.15, -0.1) is 0 Å². The molecule has 0 bridgehead atoms. The second-order valence-electron chi connectivity index (χ2n) is 13.4. The Kier molecular flexibility index (Phi) is 0.501. The molecule has 108 valence electrons. The van der Waals surface area contributed by atoms with Gasteiger partial charge in [-0.3, -0.25) is 0 Å². The summed E-state index contributed by atoms with van der Waals surface area (Å²) in [5, 5.41) is 0. The van der Waals surface area contributed by atoms with Gasteiger partial charge in [-0.25, -0.2) is 0 Å². The molecule has 0 nitrogen and oxygen atoms in total. The van der Waals surface area contributed by atoms with Gasteiger partial charge in [-0.1, -0.05) is 13.8 Å². The quantitative estimate of drug-likeness (QED) is 0.641. The zero-order valence-corrected chi connectivity index (χ0v) is 13.2. The van der Waals surface area contributed by atoms with Crippen LogP contribution >= 0.6 is 0 Å². The summed E-state index contributed by atoms with van der Waals surface area (Å²) in [6, 6.07) is 0. The SMILES string of the molecule is CC12C3C4C5C6C7CC8C9CC%10C%11C3C13C5(C42C)C61C87C9%10C%1131. The third-order valence-corrected chi connectivity index (χ3v) is 17.2. The second kappa shape index (κ2) is 1.31. The van der Waals surface area contributed by atoms with Crippen LogP contribution in [0.4, 0.5) is 0 Å². The van der Waals surface area contributed by atoms with Crippen molar-refractivity contribution in [3.8, 4) is 0 Å². The molecular formula is C22H20. The van der Waals surface area contributed by atoms with Crippen molar-refractivity contribution >= 4 is 0 Å². The molecule has 18 unspecified atom stereocenters. The molecule has 6 spiro atoms. The number of fused-ring (bicyclic) bond motifs is 8. The summed E-state index contributed by atoms with van der Waals surface area (Å²) in [5.41, 5.74) is 8.12. The molecule has 13 rings (SSSR count). The minimum atomic E-state index is 0.903. The van der Waals surface area contributed by atoms with Crippen LogP contribution in [0, 0.1) is 102 Å². The lowest BCUT2D eigenvalue weighted by Gasteiger charge is -3.43. The van der Waals surface area contributed by atoms with Crippen molar-refractivity contribution < 1.29 is 0 Å². The molecule has 13 aliphatic carbocycles. The van der Waals surface area contributed by atoms with Crippen molar-refractivity contribution in [1.82, 2.24) is 0 Å². The van der Waals surface area contributed by atoms with Crippen LogP contribution < -0.4 is 0 Å². The number of hydrogen-bond donors (Lipinski definition) is 0. The molecule has 22 heavy (non-hydrogen) atoms. The Morgan fingerprint density at radius 3 is 1.41 bits per heavy atom. The highest BCUT2D eigenvalue weighted by molar-refractivity contribution is 5.86. The van der Waals surface area contributed by atoms with Crippen LogP contribution in [0.3, 0.4) is 0 Å². The fourth-order valence-electron chi connectivity index (χ4n) is 20.1. The molecule has 0 heteroatoms.